The third-order valence-corrected chi connectivity index (χ3v) is 2.58. The van der Waals surface area contributed by atoms with E-state index in [2.05, 4.69) is 5.32 Å². The SMILES string of the molecule is CC(C)CC(CN)NC(=O)c1ccc(F)cc1O. The minimum atomic E-state index is -0.582. The van der Waals surface area contributed by atoms with Crippen molar-refractivity contribution < 1.29 is 14.3 Å². The van der Waals surface area contributed by atoms with Crippen molar-refractivity contribution in [2.24, 2.45) is 11.7 Å². The Morgan fingerprint density at radius 2 is 2.17 bits per heavy atom. The Morgan fingerprint density at radius 3 is 2.67 bits per heavy atom. The predicted octanol–water partition coefficient (Wildman–Crippen LogP) is 1.63. The number of benzene rings is 1. The third kappa shape index (κ3) is 4.00. The van der Waals surface area contributed by atoms with Crippen molar-refractivity contribution in [3.63, 3.8) is 0 Å². The second kappa shape index (κ2) is 6.35. The van der Waals surface area contributed by atoms with E-state index in [9.17, 15) is 14.3 Å². The number of phenolic OH excluding ortho intramolecular Hbond substituents is 1. The second-order valence-electron chi connectivity index (χ2n) is 4.70. The molecule has 4 nitrogen and oxygen atoms in total. The number of hydrogen-bond donors (Lipinski definition) is 3. The van der Waals surface area contributed by atoms with Crippen LogP contribution in [-0.4, -0.2) is 23.6 Å². The molecule has 0 heterocycles. The molecule has 0 saturated carbocycles. The molecule has 1 atom stereocenters. The van der Waals surface area contributed by atoms with E-state index >= 15 is 0 Å². The van der Waals surface area contributed by atoms with E-state index < -0.39 is 11.7 Å². The number of carbonyl (C=O) groups is 1. The van der Waals surface area contributed by atoms with Gasteiger partial charge in [0.25, 0.3) is 5.91 Å². The lowest BCUT2D eigenvalue weighted by Gasteiger charge is -2.19. The molecule has 0 spiro atoms. The van der Waals surface area contributed by atoms with E-state index in [1.807, 2.05) is 13.8 Å². The van der Waals surface area contributed by atoms with Gasteiger partial charge in [0, 0.05) is 18.7 Å². The van der Waals surface area contributed by atoms with Crippen molar-refractivity contribution in [1.82, 2.24) is 5.32 Å². The zero-order chi connectivity index (χ0) is 13.7. The Balaban J connectivity index is 2.74. The smallest absolute Gasteiger partial charge is 0.255 e. The molecule has 5 heteroatoms. The highest BCUT2D eigenvalue weighted by atomic mass is 19.1. The number of nitrogens with one attached hydrogen (secondary N) is 1. The summed E-state index contributed by atoms with van der Waals surface area (Å²) in [6.45, 7) is 4.39. The fourth-order valence-corrected chi connectivity index (χ4v) is 1.74. The number of halogens is 1. The minimum absolute atomic E-state index is 0.0543. The molecule has 0 aliphatic carbocycles. The first kappa shape index (κ1) is 14.4. The summed E-state index contributed by atoms with van der Waals surface area (Å²) in [5.74, 6) is -0.987. The minimum Gasteiger partial charge on any atom is -0.507 e. The summed E-state index contributed by atoms with van der Waals surface area (Å²) in [6.07, 6.45) is 0.754. The molecule has 1 rings (SSSR count). The van der Waals surface area contributed by atoms with Crippen molar-refractivity contribution in [1.29, 1.82) is 0 Å². The summed E-state index contributed by atoms with van der Waals surface area (Å²) in [4.78, 5) is 11.9. The molecular formula is C13H19FN2O2. The summed E-state index contributed by atoms with van der Waals surface area (Å²) in [5.41, 5.74) is 5.63. The van der Waals surface area contributed by atoms with Crippen molar-refractivity contribution >= 4 is 5.91 Å². The van der Waals surface area contributed by atoms with Gasteiger partial charge in [0.15, 0.2) is 0 Å². The Hall–Kier alpha value is -1.62. The summed E-state index contributed by atoms with van der Waals surface area (Å²) in [7, 11) is 0. The number of rotatable bonds is 5. The molecule has 0 fully saturated rings. The number of carbonyl (C=O) groups excluding carboxylic acids is 1. The highest BCUT2D eigenvalue weighted by Crippen LogP contribution is 2.18. The summed E-state index contributed by atoms with van der Waals surface area (Å²) in [5, 5.41) is 12.2. The average molecular weight is 254 g/mol. The molecule has 0 saturated heterocycles. The van der Waals surface area contributed by atoms with Gasteiger partial charge < -0.3 is 16.2 Å². The molecule has 100 valence electrons. The Kier molecular flexibility index (Phi) is 5.09. The molecular weight excluding hydrogens is 235 g/mol. The molecule has 1 unspecified atom stereocenters. The topological polar surface area (TPSA) is 75.3 Å². The van der Waals surface area contributed by atoms with Gasteiger partial charge in [-0.15, -0.1) is 0 Å². The van der Waals surface area contributed by atoms with E-state index in [1.54, 1.807) is 0 Å². The van der Waals surface area contributed by atoms with Gasteiger partial charge in [0.05, 0.1) is 5.56 Å². The van der Waals surface area contributed by atoms with Crippen LogP contribution in [0.2, 0.25) is 0 Å². The van der Waals surface area contributed by atoms with Gasteiger partial charge >= 0.3 is 0 Å². The van der Waals surface area contributed by atoms with E-state index in [0.717, 1.165) is 18.6 Å². The lowest BCUT2D eigenvalue weighted by atomic mass is 10.0. The van der Waals surface area contributed by atoms with E-state index in [0.29, 0.717) is 12.5 Å². The van der Waals surface area contributed by atoms with E-state index in [-0.39, 0.29) is 17.4 Å². The third-order valence-electron chi connectivity index (χ3n) is 2.58. The first-order valence-electron chi connectivity index (χ1n) is 5.93. The summed E-state index contributed by atoms with van der Waals surface area (Å²) >= 11 is 0. The zero-order valence-corrected chi connectivity index (χ0v) is 10.6. The largest absolute Gasteiger partial charge is 0.507 e. The molecule has 1 aromatic carbocycles. The number of amides is 1. The van der Waals surface area contributed by atoms with Gasteiger partial charge in [0.1, 0.15) is 11.6 Å². The van der Waals surface area contributed by atoms with Crippen LogP contribution in [0.3, 0.4) is 0 Å². The van der Waals surface area contributed by atoms with Crippen LogP contribution >= 0.6 is 0 Å². The first-order chi connectivity index (χ1) is 8.43. The highest BCUT2D eigenvalue weighted by molar-refractivity contribution is 5.96. The normalized spacial score (nSPS) is 12.5. The van der Waals surface area contributed by atoms with Crippen LogP contribution in [0.5, 0.6) is 5.75 Å². The predicted molar refractivity (Wildman–Crippen MR) is 67.8 cm³/mol. The number of aromatic hydroxyl groups is 1. The van der Waals surface area contributed by atoms with E-state index in [4.69, 9.17) is 5.73 Å². The molecule has 0 radical (unpaired) electrons. The van der Waals surface area contributed by atoms with E-state index in [1.165, 1.54) is 6.07 Å². The quantitative estimate of drug-likeness (QED) is 0.747. The van der Waals surface area contributed by atoms with Crippen molar-refractivity contribution in [3.8, 4) is 5.75 Å². The van der Waals surface area contributed by atoms with Gasteiger partial charge in [0.2, 0.25) is 0 Å². The zero-order valence-electron chi connectivity index (χ0n) is 10.6. The van der Waals surface area contributed by atoms with Crippen molar-refractivity contribution in [2.45, 2.75) is 26.3 Å². The van der Waals surface area contributed by atoms with Crippen LogP contribution in [0.4, 0.5) is 4.39 Å². The fourth-order valence-electron chi connectivity index (χ4n) is 1.74. The Morgan fingerprint density at radius 1 is 1.50 bits per heavy atom. The molecule has 0 aliphatic rings. The average Bonchev–Trinajstić information content (AvgIpc) is 2.27. The van der Waals surface area contributed by atoms with Crippen LogP contribution in [0.1, 0.15) is 30.6 Å². The van der Waals surface area contributed by atoms with Crippen LogP contribution in [0.25, 0.3) is 0 Å². The number of phenols is 1. The van der Waals surface area contributed by atoms with Gasteiger partial charge in [-0.3, -0.25) is 4.79 Å². The number of nitrogens with two attached hydrogens (primary N) is 1. The van der Waals surface area contributed by atoms with Gasteiger partial charge in [-0.2, -0.15) is 0 Å². The van der Waals surface area contributed by atoms with Gasteiger partial charge in [-0.05, 0) is 24.5 Å². The first-order valence-corrected chi connectivity index (χ1v) is 5.93. The van der Waals surface area contributed by atoms with Crippen LogP contribution in [0.15, 0.2) is 18.2 Å². The second-order valence-corrected chi connectivity index (χ2v) is 4.70. The molecule has 4 N–H and O–H groups in total. The summed E-state index contributed by atoms with van der Waals surface area (Å²) in [6, 6.07) is 3.15. The highest BCUT2D eigenvalue weighted by Gasteiger charge is 2.16. The standard InChI is InChI=1S/C13H19FN2O2/c1-8(2)5-10(7-15)16-13(18)11-4-3-9(14)6-12(11)17/h3-4,6,8,10,17H,5,7,15H2,1-2H3,(H,16,18). The summed E-state index contributed by atoms with van der Waals surface area (Å²) < 4.78 is 12.8. The number of hydrogen-bond acceptors (Lipinski definition) is 3. The van der Waals surface area contributed by atoms with Gasteiger partial charge in [-0.25, -0.2) is 4.39 Å². The maximum Gasteiger partial charge on any atom is 0.255 e. The lowest BCUT2D eigenvalue weighted by molar-refractivity contribution is 0.0931. The van der Waals surface area contributed by atoms with Gasteiger partial charge in [-0.1, -0.05) is 13.8 Å². The molecule has 1 amide bonds. The maximum absolute atomic E-state index is 12.8. The van der Waals surface area contributed by atoms with Crippen LogP contribution in [-0.2, 0) is 0 Å². The molecule has 18 heavy (non-hydrogen) atoms. The fraction of sp³-hybridized carbons (Fsp3) is 0.462. The van der Waals surface area contributed by atoms with Crippen molar-refractivity contribution in [2.75, 3.05) is 6.54 Å². The van der Waals surface area contributed by atoms with Crippen LogP contribution in [0, 0.1) is 11.7 Å². The maximum atomic E-state index is 12.8. The molecule has 0 aliphatic heterocycles. The molecule has 0 aromatic heterocycles. The Bertz CT molecular complexity index is 421. The van der Waals surface area contributed by atoms with Crippen LogP contribution < -0.4 is 11.1 Å². The molecule has 0 bridgehead atoms. The lowest BCUT2D eigenvalue weighted by Crippen LogP contribution is -2.41. The molecule has 1 aromatic rings. The van der Waals surface area contributed by atoms with Crippen molar-refractivity contribution in [3.05, 3.63) is 29.6 Å². The Labute approximate surface area is 106 Å². The monoisotopic (exact) mass is 254 g/mol.